The van der Waals surface area contributed by atoms with Gasteiger partial charge in [0.05, 0.1) is 11.6 Å². The molecule has 126 valence electrons. The minimum absolute atomic E-state index is 0.124. The fourth-order valence-electron chi connectivity index (χ4n) is 3.65. The Morgan fingerprint density at radius 1 is 1.29 bits per heavy atom. The molecule has 1 heterocycles. The van der Waals surface area contributed by atoms with E-state index in [0.29, 0.717) is 43.5 Å². The topological polar surface area (TPSA) is 70.4 Å². The van der Waals surface area contributed by atoms with Gasteiger partial charge in [-0.1, -0.05) is 12.1 Å². The van der Waals surface area contributed by atoms with Crippen molar-refractivity contribution in [2.75, 3.05) is 13.1 Å². The van der Waals surface area contributed by atoms with Crippen LogP contribution < -0.4 is 0 Å². The van der Waals surface area contributed by atoms with Crippen LogP contribution in [0.5, 0.6) is 0 Å². The first-order chi connectivity index (χ1) is 11.3. The highest BCUT2D eigenvalue weighted by molar-refractivity contribution is 6.05. The lowest BCUT2D eigenvalue weighted by Crippen LogP contribution is -2.47. The molecule has 1 aromatic rings. The van der Waals surface area contributed by atoms with Crippen LogP contribution in [0, 0.1) is 16.7 Å². The van der Waals surface area contributed by atoms with E-state index >= 15 is 0 Å². The van der Waals surface area contributed by atoms with Gasteiger partial charge in [0.2, 0.25) is 0 Å². The van der Waals surface area contributed by atoms with Crippen molar-refractivity contribution >= 4 is 11.9 Å². The molecule has 1 aromatic carbocycles. The summed E-state index contributed by atoms with van der Waals surface area (Å²) in [5.74, 6) is 0.124. The van der Waals surface area contributed by atoms with Crippen LogP contribution in [-0.4, -0.2) is 35.5 Å². The smallest absolute Gasteiger partial charge is 0.410 e. The monoisotopic (exact) mass is 326 g/mol. The maximum atomic E-state index is 12.9. The number of piperidine rings is 1. The van der Waals surface area contributed by atoms with E-state index in [2.05, 4.69) is 6.07 Å². The Bertz CT molecular complexity index is 732. The fourth-order valence-corrected chi connectivity index (χ4v) is 3.65. The summed E-state index contributed by atoms with van der Waals surface area (Å²) in [5, 5.41) is 9.27. The Kier molecular flexibility index (Phi) is 3.87. The molecule has 0 aromatic heterocycles. The summed E-state index contributed by atoms with van der Waals surface area (Å²) in [6.45, 7) is 6.55. The predicted octanol–water partition coefficient (Wildman–Crippen LogP) is 3.31. The number of nitrogens with zero attached hydrogens (tertiary/aromatic N) is 2. The molecule has 5 nitrogen and oxygen atoms in total. The summed E-state index contributed by atoms with van der Waals surface area (Å²) in [6.07, 6.45) is 1.51. The second-order valence-corrected chi connectivity index (χ2v) is 7.70. The summed E-state index contributed by atoms with van der Waals surface area (Å²) >= 11 is 0. The number of hydrogen-bond acceptors (Lipinski definition) is 4. The number of amides is 1. The number of benzene rings is 1. The number of carbonyl (C=O) groups is 2. The van der Waals surface area contributed by atoms with Gasteiger partial charge < -0.3 is 9.64 Å². The number of Topliss-reactive ketones (excluding diaryl/α,β-unsaturated/α-hetero) is 1. The van der Waals surface area contributed by atoms with E-state index in [1.54, 1.807) is 17.0 Å². The summed E-state index contributed by atoms with van der Waals surface area (Å²) < 4.78 is 5.41. The van der Waals surface area contributed by atoms with Crippen LogP contribution in [0.1, 0.15) is 55.1 Å². The molecule has 0 atom stereocenters. The molecule has 2 aliphatic rings. The number of nitriles is 1. The molecule has 0 saturated carbocycles. The van der Waals surface area contributed by atoms with Crippen molar-refractivity contribution in [3.63, 3.8) is 0 Å². The van der Waals surface area contributed by atoms with E-state index in [0.717, 1.165) is 5.56 Å². The van der Waals surface area contributed by atoms with E-state index in [1.165, 1.54) is 0 Å². The third-order valence-electron chi connectivity index (χ3n) is 4.91. The number of carbonyl (C=O) groups excluding carboxylic acids is 2. The van der Waals surface area contributed by atoms with Crippen LogP contribution in [0.4, 0.5) is 4.79 Å². The van der Waals surface area contributed by atoms with Gasteiger partial charge in [0.25, 0.3) is 0 Å². The second-order valence-electron chi connectivity index (χ2n) is 7.70. The van der Waals surface area contributed by atoms with Gasteiger partial charge in [-0.25, -0.2) is 4.79 Å². The summed E-state index contributed by atoms with van der Waals surface area (Å²) in [6, 6.07) is 7.53. The lowest BCUT2D eigenvalue weighted by atomic mass is 9.75. The number of rotatable bonds is 0. The largest absolute Gasteiger partial charge is 0.444 e. The van der Waals surface area contributed by atoms with Gasteiger partial charge in [0.1, 0.15) is 5.60 Å². The van der Waals surface area contributed by atoms with Crippen LogP contribution in [0.2, 0.25) is 0 Å². The van der Waals surface area contributed by atoms with Gasteiger partial charge in [0.15, 0.2) is 5.78 Å². The minimum atomic E-state index is -0.521. The minimum Gasteiger partial charge on any atom is -0.444 e. The first kappa shape index (κ1) is 16.5. The van der Waals surface area contributed by atoms with E-state index in [9.17, 15) is 14.9 Å². The second kappa shape index (κ2) is 5.62. The van der Waals surface area contributed by atoms with Crippen molar-refractivity contribution in [1.29, 1.82) is 5.26 Å². The normalized spacial score (nSPS) is 19.1. The zero-order valence-electron chi connectivity index (χ0n) is 14.4. The van der Waals surface area contributed by atoms with Gasteiger partial charge >= 0.3 is 6.09 Å². The standard InChI is InChI=1S/C19H22N2O3/c1-18(2,3)24-17(23)21-9-7-19(8-10-21)11-15-13(12-20)5-4-6-14(15)16(19)22/h4-6H,7-11H2,1-3H3. The third-order valence-corrected chi connectivity index (χ3v) is 4.91. The SMILES string of the molecule is CC(C)(C)OC(=O)N1CCC2(CC1)Cc1c(C#N)cccc1C2=O. The molecule has 1 aliphatic carbocycles. The maximum absolute atomic E-state index is 12.9. The van der Waals surface area contributed by atoms with Crippen molar-refractivity contribution in [2.45, 2.75) is 45.6 Å². The van der Waals surface area contributed by atoms with Crippen molar-refractivity contribution in [3.8, 4) is 6.07 Å². The molecule has 24 heavy (non-hydrogen) atoms. The Balaban J connectivity index is 1.74. The number of ether oxygens (including phenoxy) is 1. The molecule has 1 spiro atoms. The number of hydrogen-bond donors (Lipinski definition) is 0. The van der Waals surface area contributed by atoms with Crippen molar-refractivity contribution < 1.29 is 14.3 Å². The molecule has 5 heteroatoms. The molecule has 1 saturated heterocycles. The fraction of sp³-hybridized carbons (Fsp3) is 0.526. The predicted molar refractivity (Wildman–Crippen MR) is 88.7 cm³/mol. The number of ketones is 1. The zero-order valence-corrected chi connectivity index (χ0v) is 14.4. The summed E-state index contributed by atoms with van der Waals surface area (Å²) in [5.41, 5.74) is 1.16. The summed E-state index contributed by atoms with van der Waals surface area (Å²) in [7, 11) is 0. The molecule has 1 aliphatic heterocycles. The highest BCUT2D eigenvalue weighted by Gasteiger charge is 2.48. The molecule has 0 unspecified atom stereocenters. The molecule has 0 bridgehead atoms. The van der Waals surface area contributed by atoms with Crippen molar-refractivity contribution in [3.05, 3.63) is 34.9 Å². The Labute approximate surface area is 142 Å². The van der Waals surface area contributed by atoms with Gasteiger partial charge in [0, 0.05) is 24.1 Å². The Hall–Kier alpha value is -2.35. The van der Waals surface area contributed by atoms with E-state index in [1.807, 2.05) is 26.8 Å². The van der Waals surface area contributed by atoms with E-state index < -0.39 is 11.0 Å². The first-order valence-corrected chi connectivity index (χ1v) is 8.30. The molecular weight excluding hydrogens is 304 g/mol. The van der Waals surface area contributed by atoms with Gasteiger partial charge in [-0.2, -0.15) is 5.26 Å². The highest BCUT2D eigenvalue weighted by Crippen LogP contribution is 2.45. The average molecular weight is 326 g/mol. The number of fused-ring (bicyclic) bond motifs is 1. The quantitative estimate of drug-likeness (QED) is 0.733. The first-order valence-electron chi connectivity index (χ1n) is 8.30. The van der Waals surface area contributed by atoms with Gasteiger partial charge in [-0.15, -0.1) is 0 Å². The average Bonchev–Trinajstić information content (AvgIpc) is 2.79. The lowest BCUT2D eigenvalue weighted by Gasteiger charge is -2.38. The third kappa shape index (κ3) is 2.77. The van der Waals surface area contributed by atoms with Crippen LogP contribution >= 0.6 is 0 Å². The van der Waals surface area contributed by atoms with Gasteiger partial charge in [-0.05, 0) is 51.7 Å². The molecular formula is C19H22N2O3. The molecule has 3 rings (SSSR count). The molecule has 1 fully saturated rings. The lowest BCUT2D eigenvalue weighted by molar-refractivity contribution is 0.0114. The molecule has 0 radical (unpaired) electrons. The number of likely N-dealkylation sites (tertiary alicyclic amines) is 1. The highest BCUT2D eigenvalue weighted by atomic mass is 16.6. The summed E-state index contributed by atoms with van der Waals surface area (Å²) in [4.78, 5) is 26.8. The zero-order chi connectivity index (χ0) is 17.5. The van der Waals surface area contributed by atoms with Crippen molar-refractivity contribution in [1.82, 2.24) is 4.90 Å². The van der Waals surface area contributed by atoms with E-state index in [4.69, 9.17) is 4.74 Å². The van der Waals surface area contributed by atoms with Crippen LogP contribution in [0.3, 0.4) is 0 Å². The van der Waals surface area contributed by atoms with Crippen LogP contribution in [-0.2, 0) is 11.2 Å². The van der Waals surface area contributed by atoms with Crippen molar-refractivity contribution in [2.24, 2.45) is 5.41 Å². The van der Waals surface area contributed by atoms with E-state index in [-0.39, 0.29) is 11.9 Å². The Morgan fingerprint density at radius 2 is 1.96 bits per heavy atom. The van der Waals surface area contributed by atoms with Crippen LogP contribution in [0.25, 0.3) is 0 Å². The van der Waals surface area contributed by atoms with Crippen LogP contribution in [0.15, 0.2) is 18.2 Å². The van der Waals surface area contributed by atoms with Gasteiger partial charge in [-0.3, -0.25) is 4.79 Å². The molecule has 0 N–H and O–H groups in total. The molecule has 1 amide bonds. The Morgan fingerprint density at radius 3 is 2.54 bits per heavy atom. The maximum Gasteiger partial charge on any atom is 0.410 e.